The first-order valence-electron chi connectivity index (χ1n) is 9.95. The van der Waals surface area contributed by atoms with Gasteiger partial charge in [-0.15, -0.1) is 0 Å². The summed E-state index contributed by atoms with van der Waals surface area (Å²) >= 11 is 0. The average molecular weight is 402 g/mol. The van der Waals surface area contributed by atoms with Crippen molar-refractivity contribution in [2.45, 2.75) is 34.1 Å². The molecule has 3 aromatic rings. The molecule has 5 heteroatoms. The topological polar surface area (TPSA) is 76.2 Å². The number of aryl methyl sites for hydroxylation is 2. The molecule has 0 aliphatic carbocycles. The highest BCUT2D eigenvalue weighted by Crippen LogP contribution is 2.40. The first-order valence-corrected chi connectivity index (χ1v) is 9.95. The van der Waals surface area contributed by atoms with Crippen LogP contribution in [0.4, 0.5) is 5.69 Å². The van der Waals surface area contributed by atoms with E-state index in [2.05, 4.69) is 25.1 Å². The number of rotatable bonds is 5. The monoisotopic (exact) mass is 402 g/mol. The van der Waals surface area contributed by atoms with E-state index in [1.54, 1.807) is 19.2 Å². The molecule has 0 aliphatic rings. The van der Waals surface area contributed by atoms with Crippen LogP contribution in [0.15, 0.2) is 54.6 Å². The van der Waals surface area contributed by atoms with Crippen molar-refractivity contribution in [2.24, 2.45) is 0 Å². The Kier molecular flexibility index (Phi) is 7.71. The smallest absolute Gasteiger partial charge is 0.271 e. The van der Waals surface area contributed by atoms with Gasteiger partial charge in [-0.25, -0.2) is 0 Å². The van der Waals surface area contributed by atoms with Gasteiger partial charge in [-0.2, -0.15) is 5.26 Å². The first-order chi connectivity index (χ1) is 14.5. The SMILES string of the molecule is CC.CCc1ccc(C)c(-c2c(C#N)cc([N+](=O)[O-])cc2-c2ccc(OC)cc2)c1. The predicted molar refractivity (Wildman–Crippen MR) is 121 cm³/mol. The Morgan fingerprint density at radius 3 is 2.23 bits per heavy atom. The van der Waals surface area contributed by atoms with Gasteiger partial charge < -0.3 is 4.74 Å². The van der Waals surface area contributed by atoms with Crippen LogP contribution in [0, 0.1) is 28.4 Å². The van der Waals surface area contributed by atoms with Crippen LogP contribution in [0.25, 0.3) is 22.3 Å². The third-order valence-electron chi connectivity index (χ3n) is 4.83. The number of hydrogen-bond donors (Lipinski definition) is 0. The van der Waals surface area contributed by atoms with Crippen molar-refractivity contribution in [1.29, 1.82) is 5.26 Å². The van der Waals surface area contributed by atoms with E-state index in [0.717, 1.165) is 28.7 Å². The summed E-state index contributed by atoms with van der Waals surface area (Å²) in [6, 6.07) is 18.5. The Hall–Kier alpha value is -3.65. The quantitative estimate of drug-likeness (QED) is 0.351. The number of nitro groups is 1. The van der Waals surface area contributed by atoms with Crippen molar-refractivity contribution in [2.75, 3.05) is 7.11 Å². The van der Waals surface area contributed by atoms with Gasteiger partial charge >= 0.3 is 0 Å². The molecule has 154 valence electrons. The lowest BCUT2D eigenvalue weighted by atomic mass is 9.87. The van der Waals surface area contributed by atoms with Crippen molar-refractivity contribution in [1.82, 2.24) is 0 Å². The zero-order valence-electron chi connectivity index (χ0n) is 18.0. The minimum absolute atomic E-state index is 0.101. The number of methoxy groups -OCH3 is 1. The molecule has 0 heterocycles. The van der Waals surface area contributed by atoms with E-state index >= 15 is 0 Å². The number of non-ortho nitro benzene ring substituents is 1. The summed E-state index contributed by atoms with van der Waals surface area (Å²) in [5, 5.41) is 21.2. The standard InChI is InChI=1S/C23H20N2O3.C2H6/c1-4-16-6-5-15(2)21(11-16)23-18(14-24)12-19(25(26)27)13-22(23)17-7-9-20(28-3)10-8-17;1-2/h5-13H,4H2,1-3H3;1-2H3. The Morgan fingerprint density at radius 1 is 1.03 bits per heavy atom. The van der Waals surface area contributed by atoms with E-state index in [9.17, 15) is 15.4 Å². The van der Waals surface area contributed by atoms with Gasteiger partial charge in [0.05, 0.1) is 17.6 Å². The summed E-state index contributed by atoms with van der Waals surface area (Å²) in [7, 11) is 1.58. The molecule has 0 aromatic heterocycles. The Labute approximate surface area is 177 Å². The Balaban J connectivity index is 0.00000155. The Morgan fingerprint density at radius 2 is 1.70 bits per heavy atom. The molecule has 30 heavy (non-hydrogen) atoms. The van der Waals surface area contributed by atoms with Crippen LogP contribution >= 0.6 is 0 Å². The molecule has 0 saturated heterocycles. The average Bonchev–Trinajstić information content (AvgIpc) is 2.80. The summed E-state index contributed by atoms with van der Waals surface area (Å²) in [5.74, 6) is 0.695. The molecule has 3 rings (SSSR count). The van der Waals surface area contributed by atoms with E-state index < -0.39 is 4.92 Å². The number of hydrogen-bond acceptors (Lipinski definition) is 4. The minimum atomic E-state index is -0.465. The lowest BCUT2D eigenvalue weighted by Gasteiger charge is -2.16. The van der Waals surface area contributed by atoms with E-state index in [-0.39, 0.29) is 11.3 Å². The van der Waals surface area contributed by atoms with E-state index in [1.165, 1.54) is 12.1 Å². The molecule has 0 radical (unpaired) electrons. The molecule has 0 amide bonds. The number of benzene rings is 3. The molecule has 5 nitrogen and oxygen atoms in total. The van der Waals surface area contributed by atoms with Crippen LogP contribution in [0.3, 0.4) is 0 Å². The minimum Gasteiger partial charge on any atom is -0.497 e. The lowest BCUT2D eigenvalue weighted by Crippen LogP contribution is -1.97. The van der Waals surface area contributed by atoms with Crippen molar-refractivity contribution in [3.05, 3.63) is 81.4 Å². The van der Waals surface area contributed by atoms with Crippen molar-refractivity contribution < 1.29 is 9.66 Å². The fourth-order valence-corrected chi connectivity index (χ4v) is 3.27. The molecular weight excluding hydrogens is 376 g/mol. The fraction of sp³-hybridized carbons (Fsp3) is 0.240. The summed E-state index contributed by atoms with van der Waals surface area (Å²) in [4.78, 5) is 11.0. The molecule has 3 aromatic carbocycles. The highest BCUT2D eigenvalue weighted by molar-refractivity contribution is 5.90. The highest BCUT2D eigenvalue weighted by atomic mass is 16.6. The molecular formula is C25H26N2O3. The largest absolute Gasteiger partial charge is 0.497 e. The molecule has 0 bridgehead atoms. The van der Waals surface area contributed by atoms with E-state index in [4.69, 9.17) is 4.74 Å². The van der Waals surface area contributed by atoms with Crippen molar-refractivity contribution in [3.8, 4) is 34.1 Å². The fourth-order valence-electron chi connectivity index (χ4n) is 3.27. The van der Waals surface area contributed by atoms with Gasteiger partial charge in [-0.3, -0.25) is 10.1 Å². The molecule has 0 N–H and O–H groups in total. The van der Waals surface area contributed by atoms with Crippen LogP contribution in [0.1, 0.15) is 37.5 Å². The van der Waals surface area contributed by atoms with E-state index in [1.807, 2.05) is 39.0 Å². The van der Waals surface area contributed by atoms with Crippen LogP contribution in [0.2, 0.25) is 0 Å². The van der Waals surface area contributed by atoms with Gasteiger partial charge in [-0.05, 0) is 53.3 Å². The maximum absolute atomic E-state index is 11.4. The molecule has 0 aliphatic heterocycles. The second-order valence-electron chi connectivity index (χ2n) is 6.52. The predicted octanol–water partition coefficient (Wildman–Crippen LogP) is 6.71. The number of nitro benzene ring substituents is 1. The van der Waals surface area contributed by atoms with Gasteiger partial charge in [0.1, 0.15) is 11.8 Å². The normalized spacial score (nSPS) is 9.87. The first kappa shape index (κ1) is 22.6. The van der Waals surface area contributed by atoms with Gasteiger partial charge in [0.25, 0.3) is 5.69 Å². The van der Waals surface area contributed by atoms with E-state index in [0.29, 0.717) is 16.9 Å². The Bertz CT molecular complexity index is 1080. The molecule has 0 unspecified atom stereocenters. The maximum atomic E-state index is 11.4. The van der Waals surface area contributed by atoms with Crippen LogP contribution in [0.5, 0.6) is 5.75 Å². The maximum Gasteiger partial charge on any atom is 0.271 e. The molecule has 0 atom stereocenters. The summed E-state index contributed by atoms with van der Waals surface area (Å²) < 4.78 is 5.22. The zero-order chi connectivity index (χ0) is 22.3. The van der Waals surface area contributed by atoms with Gasteiger partial charge in [0, 0.05) is 17.7 Å². The second kappa shape index (κ2) is 10.2. The van der Waals surface area contributed by atoms with Crippen LogP contribution in [-0.2, 0) is 6.42 Å². The number of nitrogens with zero attached hydrogens (tertiary/aromatic N) is 2. The number of nitriles is 1. The number of ether oxygens (including phenoxy) is 1. The van der Waals surface area contributed by atoms with Gasteiger partial charge in [-0.1, -0.05) is 51.1 Å². The van der Waals surface area contributed by atoms with Gasteiger partial charge in [0.15, 0.2) is 0 Å². The molecule has 0 fully saturated rings. The van der Waals surface area contributed by atoms with Gasteiger partial charge in [0.2, 0.25) is 0 Å². The molecule has 0 spiro atoms. The molecule has 0 saturated carbocycles. The van der Waals surface area contributed by atoms with Crippen LogP contribution in [-0.4, -0.2) is 12.0 Å². The lowest BCUT2D eigenvalue weighted by molar-refractivity contribution is -0.384. The van der Waals surface area contributed by atoms with Crippen molar-refractivity contribution in [3.63, 3.8) is 0 Å². The highest BCUT2D eigenvalue weighted by Gasteiger charge is 2.20. The summed E-state index contributed by atoms with van der Waals surface area (Å²) in [5.41, 5.74) is 5.41. The summed E-state index contributed by atoms with van der Waals surface area (Å²) in [6.07, 6.45) is 0.861. The summed E-state index contributed by atoms with van der Waals surface area (Å²) in [6.45, 7) is 8.05. The third kappa shape index (κ3) is 4.66. The van der Waals surface area contributed by atoms with Crippen LogP contribution < -0.4 is 4.74 Å². The second-order valence-corrected chi connectivity index (χ2v) is 6.52. The zero-order valence-corrected chi connectivity index (χ0v) is 18.0. The third-order valence-corrected chi connectivity index (χ3v) is 4.83. The van der Waals surface area contributed by atoms with Crippen molar-refractivity contribution >= 4 is 5.69 Å².